The van der Waals surface area contributed by atoms with Crippen LogP contribution in [0.5, 0.6) is 5.75 Å². The van der Waals surface area contributed by atoms with Gasteiger partial charge in [-0.15, -0.1) is 0 Å². The number of amides is 4. The molecule has 12 nitrogen and oxygen atoms in total. The van der Waals surface area contributed by atoms with Gasteiger partial charge in [0.05, 0.1) is 24.7 Å². The quantitative estimate of drug-likeness (QED) is 0.271. The van der Waals surface area contributed by atoms with Gasteiger partial charge in [-0.1, -0.05) is 58.2 Å². The fraction of sp³-hybridized carbons (Fsp3) is 0.737. The SMILES string of the molecule is CCO[C@@H]1C[C@@H]2CN(C(=O)[C@@H](NC(=O)[C@@H](C3CC3)C(NC(=O)O)C(C)(C)C)C3CCCCC3)[C@H](C(=O)N[C@@H]3CCOc4ccccc43)CN2C1. The van der Waals surface area contributed by atoms with Crippen molar-refractivity contribution in [1.82, 2.24) is 25.8 Å². The molecule has 276 valence electrons. The van der Waals surface area contributed by atoms with Crippen LogP contribution in [0.2, 0.25) is 0 Å². The van der Waals surface area contributed by atoms with Crippen molar-refractivity contribution >= 4 is 23.8 Å². The Morgan fingerprint density at radius 2 is 1.70 bits per heavy atom. The number of ether oxygens (including phenoxy) is 2. The van der Waals surface area contributed by atoms with Crippen LogP contribution >= 0.6 is 0 Å². The molecule has 0 bridgehead atoms. The monoisotopic (exact) mass is 695 g/mol. The number of nitrogens with one attached hydrogen (secondary N) is 3. The number of carbonyl (C=O) groups excluding carboxylic acids is 3. The van der Waals surface area contributed by atoms with Gasteiger partial charge >= 0.3 is 6.09 Å². The average molecular weight is 696 g/mol. The largest absolute Gasteiger partial charge is 0.493 e. The van der Waals surface area contributed by atoms with Crippen molar-refractivity contribution in [2.24, 2.45) is 23.2 Å². The molecule has 1 aromatic carbocycles. The topological polar surface area (TPSA) is 150 Å². The second-order valence-electron chi connectivity index (χ2n) is 16.2. The normalized spacial score (nSPS) is 27.6. The molecule has 3 aliphatic heterocycles. The molecule has 6 rings (SSSR count). The lowest BCUT2D eigenvalue weighted by Crippen LogP contribution is -2.66. The van der Waals surface area contributed by atoms with Gasteiger partial charge in [-0.05, 0) is 62.3 Å². The number of benzene rings is 1. The van der Waals surface area contributed by atoms with E-state index in [1.807, 2.05) is 52.0 Å². The van der Waals surface area contributed by atoms with Crippen LogP contribution in [0.25, 0.3) is 0 Å². The standard InChI is InChI=1S/C38H57N5O7/c1-5-49-26-19-25-20-43(29(22-42(25)21-26)34(44)39-28-17-18-50-30-14-10-9-13-27(28)30)36(46)32(24-11-7-6-8-12-24)40-35(45)31(23-15-16-23)33(38(2,3)4)41-37(47)48/h9-10,13-14,23-26,28-29,31-33,41H,5-8,11-12,15-22H2,1-4H3,(H,39,44)(H,40,45)(H,47,48)/t25-,26-,28-,29+,31+,32+,33?/m1/s1. The van der Waals surface area contributed by atoms with Crippen LogP contribution in [0.1, 0.15) is 97.1 Å². The van der Waals surface area contributed by atoms with Crippen LogP contribution in [0, 0.1) is 23.2 Å². The third-order valence-electron chi connectivity index (χ3n) is 11.6. The molecule has 3 heterocycles. The van der Waals surface area contributed by atoms with Crippen LogP contribution in [0.15, 0.2) is 24.3 Å². The van der Waals surface area contributed by atoms with Gasteiger partial charge in [-0.3, -0.25) is 19.3 Å². The highest BCUT2D eigenvalue weighted by molar-refractivity contribution is 5.93. The van der Waals surface area contributed by atoms with E-state index in [4.69, 9.17) is 9.47 Å². The van der Waals surface area contributed by atoms with Gasteiger partial charge in [0, 0.05) is 50.3 Å². The first-order valence-corrected chi connectivity index (χ1v) is 18.9. The van der Waals surface area contributed by atoms with Crippen molar-refractivity contribution in [3.8, 4) is 5.75 Å². The zero-order valence-corrected chi connectivity index (χ0v) is 30.2. The summed E-state index contributed by atoms with van der Waals surface area (Å²) in [5, 5.41) is 18.9. The molecule has 4 N–H and O–H groups in total. The Morgan fingerprint density at radius 1 is 0.960 bits per heavy atom. The van der Waals surface area contributed by atoms with Crippen LogP contribution in [-0.2, 0) is 19.1 Å². The van der Waals surface area contributed by atoms with E-state index in [1.54, 1.807) is 4.90 Å². The highest BCUT2D eigenvalue weighted by Crippen LogP contribution is 2.43. The summed E-state index contributed by atoms with van der Waals surface area (Å²) in [7, 11) is 0. The van der Waals surface area contributed by atoms with E-state index in [-0.39, 0.29) is 47.7 Å². The van der Waals surface area contributed by atoms with Crippen LogP contribution in [0.3, 0.4) is 0 Å². The molecule has 1 aromatic rings. The number of rotatable bonds is 11. The first-order valence-electron chi connectivity index (χ1n) is 18.9. The molecular weight excluding hydrogens is 638 g/mol. The molecule has 7 atom stereocenters. The summed E-state index contributed by atoms with van der Waals surface area (Å²) in [6, 6.07) is 5.40. The minimum absolute atomic E-state index is 0.0374. The van der Waals surface area contributed by atoms with E-state index in [0.29, 0.717) is 39.3 Å². The number of hydrogen-bond donors (Lipinski definition) is 4. The van der Waals surface area contributed by atoms with Crippen LogP contribution in [-0.4, -0.2) is 102 Å². The molecule has 2 saturated heterocycles. The van der Waals surface area contributed by atoms with Crippen molar-refractivity contribution < 1.29 is 33.8 Å². The van der Waals surface area contributed by atoms with Gasteiger partial charge in [0.1, 0.15) is 17.8 Å². The van der Waals surface area contributed by atoms with Crippen LogP contribution < -0.4 is 20.7 Å². The summed E-state index contributed by atoms with van der Waals surface area (Å²) < 4.78 is 11.9. The van der Waals surface area contributed by atoms with Gasteiger partial charge in [-0.25, -0.2) is 4.79 Å². The number of hydrogen-bond acceptors (Lipinski definition) is 7. The molecule has 2 saturated carbocycles. The Morgan fingerprint density at radius 3 is 2.38 bits per heavy atom. The minimum atomic E-state index is -1.16. The molecule has 0 spiro atoms. The predicted molar refractivity (Wildman–Crippen MR) is 187 cm³/mol. The predicted octanol–water partition coefficient (Wildman–Crippen LogP) is 4.09. The summed E-state index contributed by atoms with van der Waals surface area (Å²) in [4.78, 5) is 59.7. The minimum Gasteiger partial charge on any atom is -0.493 e. The molecule has 2 aliphatic carbocycles. The third kappa shape index (κ3) is 8.22. The summed E-state index contributed by atoms with van der Waals surface area (Å²) in [6.45, 7) is 10.4. The van der Waals surface area contributed by atoms with Gasteiger partial charge in [0.2, 0.25) is 17.7 Å². The van der Waals surface area contributed by atoms with E-state index in [2.05, 4.69) is 20.9 Å². The van der Waals surface area contributed by atoms with E-state index >= 15 is 4.79 Å². The molecule has 0 aromatic heterocycles. The van der Waals surface area contributed by atoms with Crippen LogP contribution in [0.4, 0.5) is 4.79 Å². The summed E-state index contributed by atoms with van der Waals surface area (Å²) in [6.07, 6.45) is 6.62. The van der Waals surface area contributed by atoms with E-state index < -0.39 is 35.6 Å². The van der Waals surface area contributed by atoms with Crippen molar-refractivity contribution in [3.63, 3.8) is 0 Å². The lowest BCUT2D eigenvalue weighted by Gasteiger charge is -2.45. The Kier molecular flexibility index (Phi) is 11.3. The molecule has 12 heteroatoms. The second kappa shape index (κ2) is 15.5. The molecule has 4 amide bonds. The molecule has 0 radical (unpaired) electrons. The number of nitrogens with zero attached hydrogens (tertiary/aromatic N) is 2. The molecule has 1 unspecified atom stereocenters. The third-order valence-corrected chi connectivity index (χ3v) is 11.6. The molecule has 5 aliphatic rings. The number of carboxylic acid groups (broad SMARTS) is 1. The number of para-hydroxylation sites is 1. The Hall–Kier alpha value is -3.38. The maximum absolute atomic E-state index is 15.0. The maximum atomic E-state index is 15.0. The van der Waals surface area contributed by atoms with E-state index in [9.17, 15) is 19.5 Å². The lowest BCUT2D eigenvalue weighted by molar-refractivity contribution is -0.150. The van der Waals surface area contributed by atoms with Crippen molar-refractivity contribution in [2.45, 2.75) is 122 Å². The van der Waals surface area contributed by atoms with Crippen molar-refractivity contribution in [1.29, 1.82) is 0 Å². The average Bonchev–Trinajstić information content (AvgIpc) is 3.84. The van der Waals surface area contributed by atoms with Crippen molar-refractivity contribution in [3.05, 3.63) is 29.8 Å². The highest BCUT2D eigenvalue weighted by Gasteiger charge is 2.50. The zero-order valence-electron chi connectivity index (χ0n) is 30.2. The summed E-state index contributed by atoms with van der Waals surface area (Å²) >= 11 is 0. The number of fused-ring (bicyclic) bond motifs is 2. The fourth-order valence-electron chi connectivity index (χ4n) is 8.96. The number of carbonyl (C=O) groups is 4. The first-order chi connectivity index (χ1) is 23.9. The Balaban J connectivity index is 1.28. The first kappa shape index (κ1) is 36.4. The van der Waals surface area contributed by atoms with E-state index in [0.717, 1.165) is 62.7 Å². The summed E-state index contributed by atoms with van der Waals surface area (Å²) in [5.41, 5.74) is 0.410. The second-order valence-corrected chi connectivity index (χ2v) is 16.2. The molecular formula is C38H57N5O7. The lowest BCUT2D eigenvalue weighted by atomic mass is 9.76. The van der Waals surface area contributed by atoms with Gasteiger partial charge in [0.15, 0.2) is 0 Å². The van der Waals surface area contributed by atoms with E-state index in [1.165, 1.54) is 0 Å². The van der Waals surface area contributed by atoms with Gasteiger partial charge in [0.25, 0.3) is 0 Å². The Labute approximate surface area is 296 Å². The smallest absolute Gasteiger partial charge is 0.404 e. The summed E-state index contributed by atoms with van der Waals surface area (Å²) in [5.74, 6) is -0.559. The number of piperazine rings is 1. The Bertz CT molecular complexity index is 1390. The van der Waals surface area contributed by atoms with Gasteiger partial charge < -0.3 is 35.4 Å². The van der Waals surface area contributed by atoms with Gasteiger partial charge in [-0.2, -0.15) is 0 Å². The maximum Gasteiger partial charge on any atom is 0.404 e. The highest BCUT2D eigenvalue weighted by atomic mass is 16.5. The molecule has 4 fully saturated rings. The fourth-order valence-corrected chi connectivity index (χ4v) is 8.96. The van der Waals surface area contributed by atoms with Crippen molar-refractivity contribution in [2.75, 3.05) is 32.8 Å². The zero-order chi connectivity index (χ0) is 35.6. The molecule has 50 heavy (non-hydrogen) atoms.